The molecule has 2 nitrogen and oxygen atoms in total. The van der Waals surface area contributed by atoms with Gasteiger partial charge in [0.05, 0.1) is 0 Å². The van der Waals surface area contributed by atoms with Crippen LogP contribution in [0, 0.1) is 17.8 Å². The topological polar surface area (TPSA) is 21.3 Å². The van der Waals surface area contributed by atoms with Gasteiger partial charge in [-0.3, -0.25) is 0 Å². The Kier molecular flexibility index (Phi) is 5.97. The molecule has 1 heterocycles. The second-order valence-corrected chi connectivity index (χ2v) is 6.23. The van der Waals surface area contributed by atoms with Gasteiger partial charge in [0.2, 0.25) is 0 Å². The van der Waals surface area contributed by atoms with Gasteiger partial charge in [-0.1, -0.05) is 33.1 Å². The summed E-state index contributed by atoms with van der Waals surface area (Å²) >= 11 is 0. The number of hydrogen-bond acceptors (Lipinski definition) is 2. The van der Waals surface area contributed by atoms with E-state index in [4.69, 9.17) is 4.74 Å². The van der Waals surface area contributed by atoms with E-state index in [-0.39, 0.29) is 0 Å². The Labute approximate surface area is 113 Å². The van der Waals surface area contributed by atoms with Crippen LogP contribution in [0.1, 0.15) is 58.8 Å². The number of rotatable bonds is 5. The predicted octanol–water partition coefficient (Wildman–Crippen LogP) is 3.61. The van der Waals surface area contributed by atoms with E-state index in [9.17, 15) is 0 Å². The molecule has 0 aromatic carbocycles. The van der Waals surface area contributed by atoms with Gasteiger partial charge in [-0.05, 0) is 50.0 Å². The third-order valence-corrected chi connectivity index (χ3v) is 5.12. The summed E-state index contributed by atoms with van der Waals surface area (Å²) in [5, 5.41) is 3.81. The van der Waals surface area contributed by atoms with Crippen LogP contribution in [-0.4, -0.2) is 25.8 Å². The number of nitrogens with one attached hydrogen (secondary N) is 1. The Morgan fingerprint density at radius 2 is 1.83 bits per heavy atom. The van der Waals surface area contributed by atoms with Crippen LogP contribution < -0.4 is 5.32 Å². The monoisotopic (exact) mass is 253 g/mol. The summed E-state index contributed by atoms with van der Waals surface area (Å²) < 4.78 is 5.53. The zero-order valence-corrected chi connectivity index (χ0v) is 12.3. The molecule has 0 amide bonds. The fourth-order valence-corrected chi connectivity index (χ4v) is 4.06. The molecule has 18 heavy (non-hydrogen) atoms. The first-order valence-electron chi connectivity index (χ1n) is 8.16. The first kappa shape index (κ1) is 14.3. The van der Waals surface area contributed by atoms with E-state index in [1.165, 1.54) is 44.9 Å². The van der Waals surface area contributed by atoms with Crippen molar-refractivity contribution in [2.24, 2.45) is 17.8 Å². The third-order valence-electron chi connectivity index (χ3n) is 5.12. The molecular weight excluding hydrogens is 222 g/mol. The molecule has 0 aromatic rings. The van der Waals surface area contributed by atoms with Gasteiger partial charge in [-0.25, -0.2) is 0 Å². The van der Waals surface area contributed by atoms with E-state index in [1.807, 2.05) is 0 Å². The second kappa shape index (κ2) is 7.49. The maximum Gasteiger partial charge on any atom is 0.0469 e. The molecule has 0 radical (unpaired) electrons. The van der Waals surface area contributed by atoms with E-state index in [1.54, 1.807) is 0 Å². The lowest BCUT2D eigenvalue weighted by Gasteiger charge is -2.40. The van der Waals surface area contributed by atoms with Crippen LogP contribution in [-0.2, 0) is 4.74 Å². The average Bonchev–Trinajstić information content (AvgIpc) is 2.46. The summed E-state index contributed by atoms with van der Waals surface area (Å²) in [6.45, 7) is 7.71. The zero-order valence-electron chi connectivity index (χ0n) is 12.3. The molecule has 2 fully saturated rings. The predicted molar refractivity (Wildman–Crippen MR) is 76.7 cm³/mol. The fraction of sp³-hybridized carbons (Fsp3) is 1.00. The van der Waals surface area contributed by atoms with Crippen LogP contribution in [0.4, 0.5) is 0 Å². The van der Waals surface area contributed by atoms with Gasteiger partial charge in [-0.15, -0.1) is 0 Å². The van der Waals surface area contributed by atoms with Gasteiger partial charge in [0.1, 0.15) is 0 Å². The zero-order chi connectivity index (χ0) is 12.8. The molecule has 3 atom stereocenters. The van der Waals surface area contributed by atoms with Gasteiger partial charge >= 0.3 is 0 Å². The third kappa shape index (κ3) is 3.71. The highest BCUT2D eigenvalue weighted by molar-refractivity contribution is 4.87. The number of hydrogen-bond donors (Lipinski definition) is 1. The molecule has 0 aromatic heterocycles. The lowest BCUT2D eigenvalue weighted by molar-refractivity contribution is 0.0375. The molecule has 1 aliphatic carbocycles. The van der Waals surface area contributed by atoms with Crippen LogP contribution in [0.15, 0.2) is 0 Å². The minimum absolute atomic E-state index is 0.758. The standard InChI is InChI=1S/C16H31NO/c1-3-13-6-5-7-15(12-13)16(17-4-2)14-8-10-18-11-9-14/h13-17H,3-12H2,1-2H3. The van der Waals surface area contributed by atoms with E-state index >= 15 is 0 Å². The molecule has 1 saturated heterocycles. The van der Waals surface area contributed by atoms with Crippen LogP contribution in [0.25, 0.3) is 0 Å². The Hall–Kier alpha value is -0.0800. The molecule has 0 spiro atoms. The highest BCUT2D eigenvalue weighted by Gasteiger charge is 2.33. The van der Waals surface area contributed by atoms with E-state index in [0.717, 1.165) is 43.6 Å². The van der Waals surface area contributed by atoms with Crippen molar-refractivity contribution in [1.82, 2.24) is 5.32 Å². The Balaban J connectivity index is 1.94. The molecule has 2 aliphatic rings. The van der Waals surface area contributed by atoms with Crippen LogP contribution in [0.5, 0.6) is 0 Å². The van der Waals surface area contributed by atoms with Gasteiger partial charge < -0.3 is 10.1 Å². The first-order chi connectivity index (χ1) is 8.85. The SMILES string of the molecule is CCNC(C1CCOCC1)C1CCCC(CC)C1. The maximum atomic E-state index is 5.53. The molecule has 3 unspecified atom stereocenters. The number of ether oxygens (including phenoxy) is 1. The molecule has 106 valence electrons. The summed E-state index contributed by atoms with van der Waals surface area (Å²) in [6, 6.07) is 0.758. The van der Waals surface area contributed by atoms with Gasteiger partial charge in [0.25, 0.3) is 0 Å². The maximum absolute atomic E-state index is 5.53. The molecular formula is C16H31NO. The first-order valence-corrected chi connectivity index (χ1v) is 8.16. The van der Waals surface area contributed by atoms with E-state index < -0.39 is 0 Å². The Bertz CT molecular complexity index is 225. The summed E-state index contributed by atoms with van der Waals surface area (Å²) in [4.78, 5) is 0. The molecule has 2 heteroatoms. The highest BCUT2D eigenvalue weighted by atomic mass is 16.5. The van der Waals surface area contributed by atoms with Crippen molar-refractivity contribution in [3.8, 4) is 0 Å². The molecule has 1 saturated carbocycles. The van der Waals surface area contributed by atoms with Gasteiger partial charge in [0.15, 0.2) is 0 Å². The minimum Gasteiger partial charge on any atom is -0.381 e. The van der Waals surface area contributed by atoms with Crippen molar-refractivity contribution in [1.29, 1.82) is 0 Å². The summed E-state index contributed by atoms with van der Waals surface area (Å²) in [5.74, 6) is 2.77. The Morgan fingerprint density at radius 3 is 2.50 bits per heavy atom. The normalized spacial score (nSPS) is 32.3. The quantitative estimate of drug-likeness (QED) is 0.808. The molecule has 0 bridgehead atoms. The van der Waals surface area contributed by atoms with Crippen molar-refractivity contribution < 1.29 is 4.74 Å². The van der Waals surface area contributed by atoms with E-state index in [0.29, 0.717) is 0 Å². The van der Waals surface area contributed by atoms with Crippen molar-refractivity contribution in [3.63, 3.8) is 0 Å². The van der Waals surface area contributed by atoms with Crippen LogP contribution in [0.3, 0.4) is 0 Å². The largest absolute Gasteiger partial charge is 0.381 e. The van der Waals surface area contributed by atoms with Gasteiger partial charge in [0, 0.05) is 19.3 Å². The van der Waals surface area contributed by atoms with Gasteiger partial charge in [-0.2, -0.15) is 0 Å². The molecule has 2 rings (SSSR count). The molecule has 1 N–H and O–H groups in total. The minimum atomic E-state index is 0.758. The van der Waals surface area contributed by atoms with Crippen molar-refractivity contribution >= 4 is 0 Å². The fourth-order valence-electron chi connectivity index (χ4n) is 4.06. The average molecular weight is 253 g/mol. The second-order valence-electron chi connectivity index (χ2n) is 6.23. The van der Waals surface area contributed by atoms with Crippen molar-refractivity contribution in [2.45, 2.75) is 64.8 Å². The summed E-state index contributed by atoms with van der Waals surface area (Å²) in [6.07, 6.45) is 9.75. The van der Waals surface area contributed by atoms with Crippen LogP contribution >= 0.6 is 0 Å². The highest BCUT2D eigenvalue weighted by Crippen LogP contribution is 2.36. The van der Waals surface area contributed by atoms with E-state index in [2.05, 4.69) is 19.2 Å². The molecule has 1 aliphatic heterocycles. The lowest BCUT2D eigenvalue weighted by Crippen LogP contribution is -2.45. The van der Waals surface area contributed by atoms with Crippen molar-refractivity contribution in [3.05, 3.63) is 0 Å². The smallest absolute Gasteiger partial charge is 0.0469 e. The van der Waals surface area contributed by atoms with Crippen LogP contribution in [0.2, 0.25) is 0 Å². The summed E-state index contributed by atoms with van der Waals surface area (Å²) in [7, 11) is 0. The summed E-state index contributed by atoms with van der Waals surface area (Å²) in [5.41, 5.74) is 0. The lowest BCUT2D eigenvalue weighted by atomic mass is 9.72. The van der Waals surface area contributed by atoms with Crippen molar-refractivity contribution in [2.75, 3.05) is 19.8 Å². The Morgan fingerprint density at radius 1 is 1.06 bits per heavy atom.